The van der Waals surface area contributed by atoms with Gasteiger partial charge in [0, 0.05) is 31.7 Å². The van der Waals surface area contributed by atoms with Crippen molar-refractivity contribution in [2.75, 3.05) is 19.7 Å². The van der Waals surface area contributed by atoms with Gasteiger partial charge in [0.2, 0.25) is 17.3 Å². The lowest BCUT2D eigenvalue weighted by atomic mass is 9.72. The highest BCUT2D eigenvalue weighted by molar-refractivity contribution is 6.02. The van der Waals surface area contributed by atoms with Gasteiger partial charge in [0.05, 0.1) is 18.0 Å². The molecule has 5 heterocycles. The Morgan fingerprint density at radius 3 is 2.87 bits per heavy atom. The van der Waals surface area contributed by atoms with Gasteiger partial charge < -0.3 is 24.5 Å². The third-order valence-corrected chi connectivity index (χ3v) is 6.42. The van der Waals surface area contributed by atoms with Gasteiger partial charge in [-0.15, -0.1) is 0 Å². The Balaban J connectivity index is 0.000000687. The van der Waals surface area contributed by atoms with Gasteiger partial charge >= 0.3 is 0 Å². The number of likely N-dealkylation sites (tertiary alicyclic amines) is 1. The second-order valence-electron chi connectivity index (χ2n) is 7.97. The van der Waals surface area contributed by atoms with Crippen molar-refractivity contribution >= 4 is 29.3 Å². The number of amides is 2. The number of fused-ring (bicyclic) bond motifs is 5. The van der Waals surface area contributed by atoms with Crippen LogP contribution in [0, 0.1) is 11.8 Å². The van der Waals surface area contributed by atoms with Crippen LogP contribution in [-0.2, 0) is 9.59 Å². The van der Waals surface area contributed by atoms with Crippen LogP contribution in [0.25, 0.3) is 11.0 Å². The zero-order valence-electron chi connectivity index (χ0n) is 16.4. The maximum atomic E-state index is 13.1. The van der Waals surface area contributed by atoms with Gasteiger partial charge in [-0.25, -0.2) is 4.98 Å². The summed E-state index contributed by atoms with van der Waals surface area (Å²) >= 11 is 0. The summed E-state index contributed by atoms with van der Waals surface area (Å²) in [5.41, 5.74) is 0.426. The van der Waals surface area contributed by atoms with Crippen LogP contribution in [0.5, 0.6) is 0 Å². The zero-order chi connectivity index (χ0) is 21.3. The number of carboxylic acid groups (broad SMARTS) is 1. The minimum atomic E-state index is -0.250. The van der Waals surface area contributed by atoms with Gasteiger partial charge in [0.1, 0.15) is 0 Å². The first-order valence-electron chi connectivity index (χ1n) is 10.1. The van der Waals surface area contributed by atoms with Crippen molar-refractivity contribution in [3.05, 3.63) is 24.1 Å². The van der Waals surface area contributed by atoms with E-state index in [1.54, 1.807) is 18.3 Å². The summed E-state index contributed by atoms with van der Waals surface area (Å²) in [5.74, 6) is 0.505. The number of aliphatic hydroxyl groups is 1. The summed E-state index contributed by atoms with van der Waals surface area (Å²) in [6.07, 6.45) is 4.95. The molecule has 5 rings (SSSR count). The molecule has 0 saturated carbocycles. The van der Waals surface area contributed by atoms with Gasteiger partial charge in [-0.3, -0.25) is 14.4 Å². The summed E-state index contributed by atoms with van der Waals surface area (Å²) in [5, 5.41) is 21.4. The van der Waals surface area contributed by atoms with E-state index < -0.39 is 0 Å². The molecule has 2 bridgehead atoms. The van der Waals surface area contributed by atoms with Crippen molar-refractivity contribution in [1.82, 2.24) is 19.9 Å². The van der Waals surface area contributed by atoms with Crippen LogP contribution in [0.15, 0.2) is 22.9 Å². The normalized spacial score (nSPS) is 27.8. The molecule has 0 aliphatic carbocycles. The average molecular weight is 416 g/mol. The molecule has 3 saturated heterocycles. The molecule has 160 valence electrons. The lowest BCUT2D eigenvalue weighted by Gasteiger charge is -2.56. The molecule has 10 heteroatoms. The van der Waals surface area contributed by atoms with Crippen LogP contribution in [0.4, 0.5) is 0 Å². The van der Waals surface area contributed by atoms with E-state index in [1.165, 1.54) is 0 Å². The predicted octanol–water partition coefficient (Wildman–Crippen LogP) is 0.757. The van der Waals surface area contributed by atoms with Crippen LogP contribution in [-0.4, -0.2) is 80.2 Å². The Hall–Kier alpha value is -3.01. The first-order valence-corrected chi connectivity index (χ1v) is 10.1. The molecular formula is C20H24N4O6. The van der Waals surface area contributed by atoms with Gasteiger partial charge in [0.25, 0.3) is 12.4 Å². The summed E-state index contributed by atoms with van der Waals surface area (Å²) in [6, 6.07) is 3.45. The molecule has 3 aliphatic rings. The van der Waals surface area contributed by atoms with Gasteiger partial charge in [-0.05, 0) is 43.2 Å². The molecule has 3 aliphatic heterocycles. The fraction of sp³-hybridized carbons (Fsp3) is 0.550. The van der Waals surface area contributed by atoms with Crippen LogP contribution in [0.3, 0.4) is 0 Å². The Morgan fingerprint density at radius 2 is 2.10 bits per heavy atom. The third kappa shape index (κ3) is 3.41. The number of piperidine rings is 3. The van der Waals surface area contributed by atoms with E-state index in [0.717, 1.165) is 19.3 Å². The average Bonchev–Trinajstić information content (AvgIpc) is 3.19. The summed E-state index contributed by atoms with van der Waals surface area (Å²) < 4.78 is 5.31. The van der Waals surface area contributed by atoms with Crippen LogP contribution in [0.2, 0.25) is 0 Å². The molecular weight excluding hydrogens is 392 g/mol. The van der Waals surface area contributed by atoms with Crippen molar-refractivity contribution in [3.8, 4) is 0 Å². The van der Waals surface area contributed by atoms with Crippen LogP contribution < -0.4 is 0 Å². The Morgan fingerprint density at radius 1 is 1.33 bits per heavy atom. The lowest BCUT2D eigenvalue weighted by molar-refractivity contribution is -0.154. The van der Waals surface area contributed by atoms with E-state index in [9.17, 15) is 14.7 Å². The van der Waals surface area contributed by atoms with Gasteiger partial charge in [0.15, 0.2) is 0 Å². The molecule has 3 fully saturated rings. The summed E-state index contributed by atoms with van der Waals surface area (Å²) in [6.45, 7) is 0.806. The molecule has 2 N–H and O–H groups in total. The molecule has 10 nitrogen and oxygen atoms in total. The summed E-state index contributed by atoms with van der Waals surface area (Å²) in [4.78, 5) is 41.8. The minimum absolute atomic E-state index is 0.0587. The highest BCUT2D eigenvalue weighted by atomic mass is 16.5. The monoisotopic (exact) mass is 416 g/mol. The number of pyridine rings is 1. The van der Waals surface area contributed by atoms with E-state index in [-0.39, 0.29) is 54.6 Å². The van der Waals surface area contributed by atoms with Crippen LogP contribution in [0.1, 0.15) is 36.2 Å². The van der Waals surface area contributed by atoms with E-state index in [2.05, 4.69) is 10.1 Å². The smallest absolute Gasteiger partial charge is 0.293 e. The number of aromatic nitrogens is 2. The number of hydrogen-bond donors (Lipinski definition) is 2. The zero-order valence-corrected chi connectivity index (χ0v) is 16.4. The number of nitrogens with zero attached hydrogens (tertiary/aromatic N) is 4. The maximum absolute atomic E-state index is 13.1. The number of rotatable bonds is 2. The highest BCUT2D eigenvalue weighted by Gasteiger charge is 2.50. The largest absolute Gasteiger partial charge is 0.483 e. The van der Waals surface area contributed by atoms with Crippen molar-refractivity contribution < 1.29 is 29.1 Å². The Bertz CT molecular complexity index is 932. The van der Waals surface area contributed by atoms with Gasteiger partial charge in [-0.1, -0.05) is 5.16 Å². The molecule has 30 heavy (non-hydrogen) atoms. The maximum Gasteiger partial charge on any atom is 0.293 e. The topological polar surface area (TPSA) is 137 Å². The molecule has 2 aromatic rings. The number of aliphatic hydroxyl groups excluding tert-OH is 1. The molecule has 4 atom stereocenters. The molecule has 2 aromatic heterocycles. The predicted molar refractivity (Wildman–Crippen MR) is 103 cm³/mol. The molecule has 0 aromatic carbocycles. The highest BCUT2D eigenvalue weighted by Crippen LogP contribution is 2.41. The second kappa shape index (κ2) is 8.39. The minimum Gasteiger partial charge on any atom is -0.483 e. The fourth-order valence-electron chi connectivity index (χ4n) is 5.26. The van der Waals surface area contributed by atoms with Crippen LogP contribution >= 0.6 is 0 Å². The Labute approximate surface area is 172 Å². The molecule has 0 unspecified atom stereocenters. The standard InChI is InChI=1S/C19H22N4O4.CH2O2/c24-10-15-12-7-11(14-4-1-5-16(25)23(14)15)8-22(9-12)19(26)17-13-3-2-6-20-18(13)21-27-17;2-1-3/h2-3,6,11-12,14-15,24H,1,4-5,7-10H2;1H,(H,2,3)/t11-,12+,14+,15+;/m1./s1. The second-order valence-corrected chi connectivity index (χ2v) is 7.97. The van der Waals surface area contributed by atoms with Crippen molar-refractivity contribution in [1.29, 1.82) is 0 Å². The lowest BCUT2D eigenvalue weighted by Crippen LogP contribution is -2.66. The quantitative estimate of drug-likeness (QED) is 0.685. The SMILES string of the molecule is O=C(c1onc2ncccc12)N1C[C@H]2C[C@@H](C1)[C@H](CO)N1C(=O)CCC[C@@H]21.O=CO. The Kier molecular flexibility index (Phi) is 5.67. The fourth-order valence-corrected chi connectivity index (χ4v) is 5.26. The third-order valence-electron chi connectivity index (χ3n) is 6.42. The molecule has 2 amide bonds. The van der Waals surface area contributed by atoms with E-state index >= 15 is 0 Å². The van der Waals surface area contributed by atoms with Crippen molar-refractivity contribution in [3.63, 3.8) is 0 Å². The van der Waals surface area contributed by atoms with Gasteiger partial charge in [-0.2, -0.15) is 0 Å². The van der Waals surface area contributed by atoms with E-state index in [4.69, 9.17) is 14.4 Å². The number of hydrogen-bond acceptors (Lipinski definition) is 7. The molecule has 0 radical (unpaired) electrons. The van der Waals surface area contributed by atoms with Crippen molar-refractivity contribution in [2.45, 2.75) is 37.8 Å². The summed E-state index contributed by atoms with van der Waals surface area (Å²) in [7, 11) is 0. The number of carbonyl (C=O) groups is 3. The first kappa shape index (κ1) is 20.3. The van der Waals surface area contributed by atoms with Crippen molar-refractivity contribution in [2.24, 2.45) is 11.8 Å². The van der Waals surface area contributed by atoms with E-state index in [0.29, 0.717) is 30.5 Å². The number of carbonyl (C=O) groups excluding carboxylic acids is 2. The van der Waals surface area contributed by atoms with E-state index in [1.807, 2.05) is 9.80 Å². The molecule has 0 spiro atoms. The first-order chi connectivity index (χ1) is 14.6.